The van der Waals surface area contributed by atoms with Gasteiger partial charge in [-0.1, -0.05) is 77.4 Å². The maximum atomic E-state index is 2.27. The topological polar surface area (TPSA) is 0 Å². The highest BCUT2D eigenvalue weighted by Gasteiger charge is 2.28. The van der Waals surface area contributed by atoms with E-state index in [-0.39, 0.29) is 0 Å². The van der Waals surface area contributed by atoms with Crippen molar-refractivity contribution in [3.8, 4) is 0 Å². The SMILES string of the molecule is CSC1=C(SC)SC(=C2SC(C)=C(SCCCc3ccccc3)S2)S1. The van der Waals surface area contributed by atoms with Gasteiger partial charge in [0.1, 0.15) is 0 Å². The minimum atomic E-state index is 1.18. The van der Waals surface area contributed by atoms with Crippen molar-refractivity contribution in [2.75, 3.05) is 18.3 Å². The molecule has 2 heterocycles. The molecule has 0 atom stereocenters. The van der Waals surface area contributed by atoms with E-state index in [9.17, 15) is 0 Å². The van der Waals surface area contributed by atoms with Gasteiger partial charge in [0, 0.05) is 4.91 Å². The van der Waals surface area contributed by atoms with Crippen molar-refractivity contribution >= 4 is 82.3 Å². The number of hydrogen-bond acceptors (Lipinski definition) is 7. The summed E-state index contributed by atoms with van der Waals surface area (Å²) in [5.74, 6) is 1.20. The quantitative estimate of drug-likeness (QED) is 0.369. The van der Waals surface area contributed by atoms with Crippen molar-refractivity contribution in [3.05, 3.63) is 62.0 Å². The molecule has 25 heavy (non-hydrogen) atoms. The molecular formula is C18H20S7. The third-order valence-corrected chi connectivity index (χ3v) is 13.4. The van der Waals surface area contributed by atoms with E-state index < -0.39 is 0 Å². The molecule has 3 rings (SSSR count). The zero-order valence-electron chi connectivity index (χ0n) is 14.4. The van der Waals surface area contributed by atoms with Crippen LogP contribution in [0.1, 0.15) is 18.9 Å². The molecule has 0 spiro atoms. The summed E-state index contributed by atoms with van der Waals surface area (Å²) in [5.41, 5.74) is 1.45. The predicted octanol–water partition coefficient (Wildman–Crippen LogP) is 8.48. The molecule has 0 unspecified atom stereocenters. The molecule has 0 amide bonds. The van der Waals surface area contributed by atoms with Crippen molar-refractivity contribution in [1.82, 2.24) is 0 Å². The van der Waals surface area contributed by atoms with Gasteiger partial charge in [0.25, 0.3) is 0 Å². The maximum absolute atomic E-state index is 2.27. The Morgan fingerprint density at radius 3 is 2.04 bits per heavy atom. The van der Waals surface area contributed by atoms with E-state index in [2.05, 4.69) is 49.8 Å². The molecule has 0 saturated carbocycles. The number of aryl methyl sites for hydroxylation is 1. The van der Waals surface area contributed by atoms with Crippen LogP contribution in [-0.2, 0) is 6.42 Å². The monoisotopic (exact) mass is 460 g/mol. The van der Waals surface area contributed by atoms with Gasteiger partial charge in [0.2, 0.25) is 0 Å². The lowest BCUT2D eigenvalue weighted by atomic mass is 10.1. The van der Waals surface area contributed by atoms with Gasteiger partial charge < -0.3 is 0 Å². The Bertz CT molecular complexity index is 685. The first-order valence-electron chi connectivity index (χ1n) is 7.86. The smallest absolute Gasteiger partial charge is 0.0717 e. The van der Waals surface area contributed by atoms with E-state index in [4.69, 9.17) is 0 Å². The van der Waals surface area contributed by atoms with E-state index in [0.717, 1.165) is 0 Å². The third kappa shape index (κ3) is 5.69. The van der Waals surface area contributed by atoms with Crippen LogP contribution >= 0.6 is 82.3 Å². The highest BCUT2D eigenvalue weighted by molar-refractivity contribution is 8.43. The highest BCUT2D eigenvalue weighted by atomic mass is 32.3. The molecule has 0 aromatic heterocycles. The van der Waals surface area contributed by atoms with Crippen LogP contribution in [0, 0.1) is 0 Å². The van der Waals surface area contributed by atoms with Gasteiger partial charge in [-0.2, -0.15) is 0 Å². The number of allylic oxidation sites excluding steroid dienone is 1. The first-order chi connectivity index (χ1) is 12.2. The molecular weight excluding hydrogens is 441 g/mol. The second-order valence-electron chi connectivity index (χ2n) is 5.25. The fourth-order valence-electron chi connectivity index (χ4n) is 2.26. The van der Waals surface area contributed by atoms with Gasteiger partial charge in [-0.3, -0.25) is 0 Å². The van der Waals surface area contributed by atoms with Gasteiger partial charge in [0.15, 0.2) is 0 Å². The molecule has 0 nitrogen and oxygen atoms in total. The Morgan fingerprint density at radius 1 is 0.800 bits per heavy atom. The molecule has 0 N–H and O–H groups in total. The lowest BCUT2D eigenvalue weighted by Gasteiger charge is -2.04. The molecule has 0 radical (unpaired) electrons. The van der Waals surface area contributed by atoms with E-state index >= 15 is 0 Å². The van der Waals surface area contributed by atoms with Crippen LogP contribution < -0.4 is 0 Å². The summed E-state index contributed by atoms with van der Waals surface area (Å²) in [6, 6.07) is 10.8. The zero-order valence-corrected chi connectivity index (χ0v) is 20.1. The molecule has 7 heteroatoms. The fraction of sp³-hybridized carbons (Fsp3) is 0.333. The number of benzene rings is 1. The summed E-state index contributed by atoms with van der Waals surface area (Å²) in [7, 11) is 0. The second kappa shape index (κ2) is 10.4. The van der Waals surface area contributed by atoms with Gasteiger partial charge >= 0.3 is 0 Å². The Labute approximate surface area is 181 Å². The van der Waals surface area contributed by atoms with Crippen LogP contribution in [0.5, 0.6) is 0 Å². The van der Waals surface area contributed by atoms with E-state index in [1.54, 1.807) is 0 Å². The lowest BCUT2D eigenvalue weighted by Crippen LogP contribution is -1.87. The average Bonchev–Trinajstić information content (AvgIpc) is 3.23. The van der Waals surface area contributed by atoms with Gasteiger partial charge in [-0.25, -0.2) is 0 Å². The molecule has 0 aliphatic carbocycles. The fourth-order valence-corrected chi connectivity index (χ4v) is 11.7. The summed E-state index contributed by atoms with van der Waals surface area (Å²) in [6.07, 6.45) is 6.77. The minimum absolute atomic E-state index is 1.18. The minimum Gasteiger partial charge on any atom is -0.121 e. The Kier molecular flexibility index (Phi) is 8.61. The van der Waals surface area contributed by atoms with Crippen molar-refractivity contribution in [2.24, 2.45) is 0 Å². The van der Waals surface area contributed by atoms with Crippen LogP contribution in [0.15, 0.2) is 56.4 Å². The number of hydrogen-bond donors (Lipinski definition) is 0. The van der Waals surface area contributed by atoms with Crippen LogP contribution in [0.25, 0.3) is 0 Å². The standard InChI is InChI=1S/C18H20S7/c1-12-14(21-11-7-10-13-8-5-4-6-9-13)23-17(22-12)18-24-15(19-2)16(20-3)25-18/h4-6,8-9H,7,10-11H2,1-3H3. The van der Waals surface area contributed by atoms with Crippen LogP contribution in [-0.4, -0.2) is 18.3 Å². The summed E-state index contributed by atoms with van der Waals surface area (Å²) < 4.78 is 7.38. The summed E-state index contributed by atoms with van der Waals surface area (Å²) >= 11 is 13.6. The molecule has 2 aliphatic heterocycles. The van der Waals surface area contributed by atoms with Gasteiger partial charge in [-0.15, -0.1) is 35.3 Å². The van der Waals surface area contributed by atoms with Crippen LogP contribution in [0.3, 0.4) is 0 Å². The van der Waals surface area contributed by atoms with Crippen molar-refractivity contribution in [1.29, 1.82) is 0 Å². The molecule has 1 aromatic rings. The molecule has 0 saturated heterocycles. The van der Waals surface area contributed by atoms with Gasteiger partial charge in [0.05, 0.1) is 21.2 Å². The zero-order chi connectivity index (χ0) is 17.6. The second-order valence-corrected chi connectivity index (χ2v) is 13.6. The van der Waals surface area contributed by atoms with Crippen molar-refractivity contribution in [3.63, 3.8) is 0 Å². The largest absolute Gasteiger partial charge is 0.121 e. The molecule has 134 valence electrons. The Hall–Kier alpha value is 0.890. The first kappa shape index (κ1) is 20.6. The lowest BCUT2D eigenvalue weighted by molar-refractivity contribution is 0.935. The van der Waals surface area contributed by atoms with Crippen LogP contribution in [0.4, 0.5) is 0 Å². The third-order valence-electron chi connectivity index (χ3n) is 3.48. The molecule has 0 fully saturated rings. The summed E-state index contributed by atoms with van der Waals surface area (Å²) in [5, 5.41) is 0. The van der Waals surface area contributed by atoms with Gasteiger partial charge in [-0.05, 0) is 43.6 Å². The first-order valence-corrected chi connectivity index (χ1v) is 14.6. The number of rotatable bonds is 7. The van der Waals surface area contributed by atoms with Crippen LogP contribution in [0.2, 0.25) is 0 Å². The predicted molar refractivity (Wildman–Crippen MR) is 131 cm³/mol. The van der Waals surface area contributed by atoms with E-state index in [1.165, 1.54) is 50.2 Å². The molecule has 0 bridgehead atoms. The average molecular weight is 461 g/mol. The normalized spacial score (nSPS) is 18.0. The Morgan fingerprint density at radius 2 is 1.40 bits per heavy atom. The highest BCUT2D eigenvalue weighted by Crippen LogP contribution is 2.64. The Balaban J connectivity index is 1.50. The van der Waals surface area contributed by atoms with E-state index in [1.807, 2.05) is 82.3 Å². The van der Waals surface area contributed by atoms with Crippen molar-refractivity contribution < 1.29 is 0 Å². The molecule has 1 aromatic carbocycles. The summed E-state index contributed by atoms with van der Waals surface area (Å²) in [6.45, 7) is 2.27. The number of thioether (sulfide) groups is 7. The molecule has 2 aliphatic rings. The van der Waals surface area contributed by atoms with Crippen molar-refractivity contribution in [2.45, 2.75) is 19.8 Å². The van der Waals surface area contributed by atoms with E-state index in [0.29, 0.717) is 0 Å². The summed E-state index contributed by atoms with van der Waals surface area (Å²) in [4.78, 5) is 1.47. The maximum Gasteiger partial charge on any atom is 0.0717 e.